The monoisotopic (exact) mass is 235 g/mol. The highest BCUT2D eigenvalue weighted by molar-refractivity contribution is 5.79. The first kappa shape index (κ1) is 11.9. The second-order valence-electron chi connectivity index (χ2n) is 4.25. The molecule has 0 heterocycles. The molecule has 0 aromatic heterocycles. The molecule has 4 heteroatoms. The summed E-state index contributed by atoms with van der Waals surface area (Å²) in [4.78, 5) is 11.7. The molecule has 0 saturated carbocycles. The second-order valence-corrected chi connectivity index (χ2v) is 4.25. The minimum absolute atomic E-state index is 0.0268. The van der Waals surface area contributed by atoms with Gasteiger partial charge in [-0.3, -0.25) is 4.79 Å². The van der Waals surface area contributed by atoms with Crippen molar-refractivity contribution >= 4 is 5.97 Å². The summed E-state index contributed by atoms with van der Waals surface area (Å²) in [5, 5.41) is 0. The Bertz CT molecular complexity index is 431. The van der Waals surface area contributed by atoms with E-state index in [1.807, 2.05) is 18.2 Å². The zero-order valence-corrected chi connectivity index (χ0v) is 10.1. The molecule has 2 N–H and O–H groups in total. The second kappa shape index (κ2) is 4.75. The Kier molecular flexibility index (Phi) is 3.33. The molecule has 0 amide bonds. The first-order chi connectivity index (χ1) is 8.17. The first-order valence-corrected chi connectivity index (χ1v) is 5.68. The highest BCUT2D eigenvalue weighted by Gasteiger charge is 2.30. The summed E-state index contributed by atoms with van der Waals surface area (Å²) in [7, 11) is 3.04. The minimum Gasteiger partial charge on any atom is -0.497 e. The fraction of sp³-hybridized carbons (Fsp3) is 0.462. The van der Waals surface area contributed by atoms with Gasteiger partial charge in [0.1, 0.15) is 5.75 Å². The van der Waals surface area contributed by atoms with Crippen LogP contribution in [0.5, 0.6) is 5.75 Å². The van der Waals surface area contributed by atoms with Gasteiger partial charge in [0.25, 0.3) is 0 Å². The number of esters is 1. The Morgan fingerprint density at radius 1 is 1.29 bits per heavy atom. The van der Waals surface area contributed by atoms with Gasteiger partial charge in [-0.2, -0.15) is 0 Å². The minimum atomic E-state index is -0.194. The summed E-state index contributed by atoms with van der Waals surface area (Å²) < 4.78 is 10.0. The number of carbonyl (C=O) groups is 1. The van der Waals surface area contributed by atoms with Gasteiger partial charge in [-0.25, -0.2) is 0 Å². The third kappa shape index (κ3) is 2.13. The predicted octanol–water partition coefficient (Wildman–Crippen LogP) is 1.75. The average Bonchev–Trinajstić information content (AvgIpc) is 2.38. The van der Waals surface area contributed by atoms with E-state index in [-0.39, 0.29) is 17.9 Å². The molecule has 0 bridgehead atoms. The fourth-order valence-electron chi connectivity index (χ4n) is 2.36. The standard InChI is InChI=1S/C13H17NO3/c1-16-8-3-4-9-10(13(15)17-2)5-6-12(14)11(9)7-8/h3-4,7,10,12H,5-6,14H2,1-2H3. The van der Waals surface area contributed by atoms with Crippen LogP contribution in [0.15, 0.2) is 18.2 Å². The topological polar surface area (TPSA) is 61.5 Å². The van der Waals surface area contributed by atoms with Gasteiger partial charge in [-0.05, 0) is 36.1 Å². The summed E-state index contributed by atoms with van der Waals surface area (Å²) in [6.45, 7) is 0. The van der Waals surface area contributed by atoms with Crippen molar-refractivity contribution in [2.75, 3.05) is 14.2 Å². The van der Waals surface area contributed by atoms with Crippen LogP contribution in [0.3, 0.4) is 0 Å². The van der Waals surface area contributed by atoms with Crippen LogP contribution in [0.25, 0.3) is 0 Å². The molecular formula is C13H17NO3. The van der Waals surface area contributed by atoms with E-state index in [4.69, 9.17) is 15.2 Å². The molecule has 2 atom stereocenters. The summed E-state index contributed by atoms with van der Waals surface area (Å²) >= 11 is 0. The van der Waals surface area contributed by atoms with Gasteiger partial charge in [0, 0.05) is 6.04 Å². The Balaban J connectivity index is 2.42. The van der Waals surface area contributed by atoms with E-state index in [9.17, 15) is 4.79 Å². The van der Waals surface area contributed by atoms with Gasteiger partial charge >= 0.3 is 5.97 Å². The molecule has 0 radical (unpaired) electrons. The molecule has 2 unspecified atom stereocenters. The van der Waals surface area contributed by atoms with Crippen molar-refractivity contribution in [3.05, 3.63) is 29.3 Å². The number of benzene rings is 1. The van der Waals surface area contributed by atoms with Crippen molar-refractivity contribution < 1.29 is 14.3 Å². The fourth-order valence-corrected chi connectivity index (χ4v) is 2.36. The zero-order chi connectivity index (χ0) is 12.4. The van der Waals surface area contributed by atoms with Crippen LogP contribution in [0.2, 0.25) is 0 Å². The Labute approximate surface area is 101 Å². The van der Waals surface area contributed by atoms with Crippen LogP contribution < -0.4 is 10.5 Å². The summed E-state index contributed by atoms with van der Waals surface area (Å²) in [5.41, 5.74) is 8.03. The summed E-state index contributed by atoms with van der Waals surface area (Å²) in [6, 6.07) is 5.65. The predicted molar refractivity (Wildman–Crippen MR) is 63.9 cm³/mol. The highest BCUT2D eigenvalue weighted by Crippen LogP contribution is 2.38. The largest absolute Gasteiger partial charge is 0.497 e. The number of hydrogen-bond acceptors (Lipinski definition) is 4. The summed E-state index contributed by atoms with van der Waals surface area (Å²) in [5.74, 6) is 0.383. The number of fused-ring (bicyclic) bond motifs is 1. The van der Waals surface area contributed by atoms with E-state index in [0.29, 0.717) is 0 Å². The normalized spacial score (nSPS) is 22.8. The van der Waals surface area contributed by atoms with E-state index in [1.54, 1.807) is 7.11 Å². The first-order valence-electron chi connectivity index (χ1n) is 5.68. The number of hydrogen-bond donors (Lipinski definition) is 1. The summed E-state index contributed by atoms with van der Waals surface area (Å²) in [6.07, 6.45) is 1.53. The van der Waals surface area contributed by atoms with Crippen molar-refractivity contribution in [1.82, 2.24) is 0 Å². The smallest absolute Gasteiger partial charge is 0.313 e. The molecule has 1 aliphatic carbocycles. The molecule has 0 fully saturated rings. The van der Waals surface area contributed by atoms with Crippen LogP contribution in [0.1, 0.15) is 35.9 Å². The van der Waals surface area contributed by atoms with E-state index in [2.05, 4.69) is 0 Å². The molecule has 17 heavy (non-hydrogen) atoms. The number of nitrogens with two attached hydrogens (primary N) is 1. The molecule has 2 rings (SSSR count). The molecule has 0 spiro atoms. The lowest BCUT2D eigenvalue weighted by molar-refractivity contribution is -0.142. The van der Waals surface area contributed by atoms with Crippen LogP contribution in [0.4, 0.5) is 0 Å². The van der Waals surface area contributed by atoms with Crippen molar-refractivity contribution in [2.24, 2.45) is 5.73 Å². The van der Waals surface area contributed by atoms with E-state index in [1.165, 1.54) is 7.11 Å². The third-order valence-electron chi connectivity index (χ3n) is 3.32. The maximum atomic E-state index is 11.7. The number of ether oxygens (including phenoxy) is 2. The highest BCUT2D eigenvalue weighted by atomic mass is 16.5. The van der Waals surface area contributed by atoms with E-state index in [0.717, 1.165) is 29.7 Å². The Morgan fingerprint density at radius 3 is 2.71 bits per heavy atom. The van der Waals surface area contributed by atoms with E-state index < -0.39 is 0 Å². The molecular weight excluding hydrogens is 218 g/mol. The van der Waals surface area contributed by atoms with Crippen molar-refractivity contribution in [3.63, 3.8) is 0 Å². The van der Waals surface area contributed by atoms with Crippen LogP contribution in [0, 0.1) is 0 Å². The van der Waals surface area contributed by atoms with Gasteiger partial charge in [0.15, 0.2) is 0 Å². The van der Waals surface area contributed by atoms with Crippen LogP contribution >= 0.6 is 0 Å². The molecule has 1 aromatic carbocycles. The zero-order valence-electron chi connectivity index (χ0n) is 10.1. The maximum absolute atomic E-state index is 11.7. The molecule has 1 aromatic rings. The molecule has 4 nitrogen and oxygen atoms in total. The molecule has 0 aliphatic heterocycles. The molecule has 0 saturated heterocycles. The van der Waals surface area contributed by atoms with Gasteiger partial charge in [-0.1, -0.05) is 6.07 Å². The molecule has 1 aliphatic rings. The van der Waals surface area contributed by atoms with Gasteiger partial charge in [0.2, 0.25) is 0 Å². The van der Waals surface area contributed by atoms with Crippen LogP contribution in [-0.4, -0.2) is 20.2 Å². The van der Waals surface area contributed by atoms with Crippen LogP contribution in [-0.2, 0) is 9.53 Å². The Morgan fingerprint density at radius 2 is 2.06 bits per heavy atom. The van der Waals surface area contributed by atoms with E-state index >= 15 is 0 Å². The quantitative estimate of drug-likeness (QED) is 0.793. The number of rotatable bonds is 2. The lowest BCUT2D eigenvalue weighted by Crippen LogP contribution is -2.25. The molecule has 92 valence electrons. The van der Waals surface area contributed by atoms with Crippen molar-refractivity contribution in [3.8, 4) is 5.75 Å². The van der Waals surface area contributed by atoms with Gasteiger partial charge in [-0.15, -0.1) is 0 Å². The lowest BCUT2D eigenvalue weighted by Gasteiger charge is -2.28. The Hall–Kier alpha value is -1.55. The number of methoxy groups -OCH3 is 2. The van der Waals surface area contributed by atoms with Crippen molar-refractivity contribution in [2.45, 2.75) is 24.8 Å². The maximum Gasteiger partial charge on any atom is 0.313 e. The van der Waals surface area contributed by atoms with Crippen molar-refractivity contribution in [1.29, 1.82) is 0 Å². The number of carbonyl (C=O) groups excluding carboxylic acids is 1. The third-order valence-corrected chi connectivity index (χ3v) is 3.32. The van der Waals surface area contributed by atoms with Gasteiger partial charge < -0.3 is 15.2 Å². The average molecular weight is 235 g/mol. The van der Waals surface area contributed by atoms with Gasteiger partial charge in [0.05, 0.1) is 20.1 Å². The lowest BCUT2D eigenvalue weighted by atomic mass is 9.80. The SMILES string of the molecule is COC(=O)C1CCC(N)c2cc(OC)ccc21.